The van der Waals surface area contributed by atoms with Gasteiger partial charge in [-0.05, 0) is 62.2 Å². The van der Waals surface area contributed by atoms with Crippen LogP contribution in [-0.4, -0.2) is 11.7 Å². The quantitative estimate of drug-likeness (QED) is 0.411. The molecule has 2 rings (SSSR count). The van der Waals surface area contributed by atoms with Gasteiger partial charge in [0.15, 0.2) is 5.78 Å². The van der Waals surface area contributed by atoms with E-state index in [2.05, 4.69) is 58.4 Å². The van der Waals surface area contributed by atoms with Crippen LogP contribution in [0, 0.1) is 5.41 Å². The maximum Gasteiger partial charge on any atom is 0.272 e. The smallest absolute Gasteiger partial charge is 0.272 e. The van der Waals surface area contributed by atoms with E-state index in [-0.39, 0.29) is 11.5 Å². The summed E-state index contributed by atoms with van der Waals surface area (Å²) in [5.41, 5.74) is 0.854. The Bertz CT molecular complexity index is 902. The molecule has 0 aliphatic heterocycles. The molecule has 0 unspecified atom stereocenters. The first kappa shape index (κ1) is 21.9. The molecule has 0 aromatic heterocycles. The molecule has 0 aliphatic carbocycles. The molecule has 0 saturated heterocycles. The van der Waals surface area contributed by atoms with Gasteiger partial charge in [0.25, 0.3) is 5.91 Å². The Morgan fingerprint density at radius 1 is 0.889 bits per heavy atom. The summed E-state index contributed by atoms with van der Waals surface area (Å²) in [6.45, 7) is 5.43. The number of anilines is 2. The first-order valence-corrected chi connectivity index (χ1v) is 10.5. The molecular weight excluding hydrogens is 540 g/mol. The van der Waals surface area contributed by atoms with Gasteiger partial charge in [-0.25, -0.2) is 0 Å². The van der Waals surface area contributed by atoms with E-state index >= 15 is 0 Å². The van der Waals surface area contributed by atoms with Crippen LogP contribution in [-0.2, 0) is 9.59 Å². The van der Waals surface area contributed by atoms with Crippen molar-refractivity contribution in [3.63, 3.8) is 0 Å². The third kappa shape index (κ3) is 6.30. The molecule has 2 aromatic carbocycles. The molecule has 2 aromatic rings. The molecule has 7 heteroatoms. The van der Waals surface area contributed by atoms with Gasteiger partial charge in [-0.15, -0.1) is 0 Å². The van der Waals surface area contributed by atoms with Crippen molar-refractivity contribution in [1.29, 1.82) is 0 Å². The van der Waals surface area contributed by atoms with Crippen LogP contribution in [0.1, 0.15) is 20.8 Å². The van der Waals surface area contributed by atoms with Gasteiger partial charge in [0.2, 0.25) is 0 Å². The Morgan fingerprint density at radius 2 is 1.52 bits per heavy atom. The maximum absolute atomic E-state index is 12.9. The van der Waals surface area contributed by atoms with Gasteiger partial charge in [-0.2, -0.15) is 0 Å². The fourth-order valence-electron chi connectivity index (χ4n) is 1.99. The summed E-state index contributed by atoms with van der Waals surface area (Å²) in [5.74, 6) is -0.560. The SMILES string of the molecule is CC(C)(C)C(=O)C=C(Nc1ccc(Br)cc1Br)C(=O)Nc1ccccc1Br. The minimum Gasteiger partial charge on any atom is -0.350 e. The summed E-state index contributed by atoms with van der Waals surface area (Å²) in [7, 11) is 0. The summed E-state index contributed by atoms with van der Waals surface area (Å²) in [5, 5.41) is 5.89. The molecule has 0 atom stereocenters. The Hall–Kier alpha value is -1.44. The molecule has 27 heavy (non-hydrogen) atoms. The predicted molar refractivity (Wildman–Crippen MR) is 121 cm³/mol. The minimum atomic E-state index is -0.600. The number of hydrogen-bond acceptors (Lipinski definition) is 3. The molecule has 0 saturated carbocycles. The van der Waals surface area contributed by atoms with Gasteiger partial charge >= 0.3 is 0 Å². The molecule has 0 fully saturated rings. The second kappa shape index (κ2) is 9.17. The Morgan fingerprint density at radius 3 is 2.11 bits per heavy atom. The van der Waals surface area contributed by atoms with Gasteiger partial charge in [0, 0.05) is 24.9 Å². The van der Waals surface area contributed by atoms with Gasteiger partial charge in [-0.3, -0.25) is 9.59 Å². The average Bonchev–Trinajstić information content (AvgIpc) is 2.57. The predicted octanol–water partition coefficient (Wildman–Crippen LogP) is 6.52. The third-order valence-electron chi connectivity index (χ3n) is 3.58. The molecule has 0 bridgehead atoms. The summed E-state index contributed by atoms with van der Waals surface area (Å²) in [6.07, 6.45) is 1.35. The zero-order valence-corrected chi connectivity index (χ0v) is 19.8. The number of benzene rings is 2. The summed E-state index contributed by atoms with van der Waals surface area (Å²) in [4.78, 5) is 25.4. The van der Waals surface area contributed by atoms with E-state index in [1.165, 1.54) is 6.08 Å². The lowest BCUT2D eigenvalue weighted by Crippen LogP contribution is -2.24. The molecule has 0 radical (unpaired) electrons. The van der Waals surface area contributed by atoms with Crippen LogP contribution in [0.3, 0.4) is 0 Å². The first-order chi connectivity index (χ1) is 12.6. The van der Waals surface area contributed by atoms with Gasteiger partial charge in [-0.1, -0.05) is 48.8 Å². The summed E-state index contributed by atoms with van der Waals surface area (Å²) < 4.78 is 2.42. The van der Waals surface area contributed by atoms with Crippen molar-refractivity contribution in [3.05, 3.63) is 67.7 Å². The lowest BCUT2D eigenvalue weighted by Gasteiger charge is -2.17. The molecule has 0 aliphatic rings. The number of halogens is 3. The van der Waals surface area contributed by atoms with Gasteiger partial charge in [0.1, 0.15) is 5.70 Å². The van der Waals surface area contributed by atoms with Crippen LogP contribution in [0.4, 0.5) is 11.4 Å². The molecule has 2 N–H and O–H groups in total. The fraction of sp³-hybridized carbons (Fsp3) is 0.200. The van der Waals surface area contributed by atoms with Crippen LogP contribution in [0.25, 0.3) is 0 Å². The number of para-hydroxylation sites is 1. The van der Waals surface area contributed by atoms with E-state index in [1.807, 2.05) is 57.2 Å². The number of carbonyl (C=O) groups is 2. The Balaban J connectivity index is 2.37. The van der Waals surface area contributed by atoms with Crippen molar-refractivity contribution in [3.8, 4) is 0 Å². The lowest BCUT2D eigenvalue weighted by molar-refractivity contribution is -0.122. The molecule has 142 valence electrons. The molecule has 1 amide bonds. The number of allylic oxidation sites excluding steroid dienone is 1. The maximum atomic E-state index is 12.9. The standard InChI is InChI=1S/C20H19Br3N2O2/c1-20(2,3)18(26)11-17(24-16-9-8-12(21)10-14(16)23)19(27)25-15-7-5-4-6-13(15)22/h4-11,24H,1-3H3,(H,25,27). The second-order valence-corrected chi connectivity index (χ2v) is 9.48. The number of hydrogen-bond donors (Lipinski definition) is 2. The Labute approximate surface area is 184 Å². The number of carbonyl (C=O) groups excluding carboxylic acids is 2. The van der Waals surface area contributed by atoms with Crippen LogP contribution < -0.4 is 10.6 Å². The monoisotopic (exact) mass is 556 g/mol. The molecular formula is C20H19Br3N2O2. The average molecular weight is 559 g/mol. The van der Waals surface area contributed by atoms with E-state index in [1.54, 1.807) is 6.07 Å². The van der Waals surface area contributed by atoms with Crippen molar-refractivity contribution in [2.24, 2.45) is 5.41 Å². The summed E-state index contributed by atoms with van der Waals surface area (Å²) >= 11 is 10.3. The largest absolute Gasteiger partial charge is 0.350 e. The van der Waals surface area contributed by atoms with Crippen LogP contribution in [0.15, 0.2) is 67.7 Å². The molecule has 4 nitrogen and oxygen atoms in total. The summed E-state index contributed by atoms with van der Waals surface area (Å²) in [6, 6.07) is 12.8. The van der Waals surface area contributed by atoms with E-state index in [4.69, 9.17) is 0 Å². The highest BCUT2D eigenvalue weighted by molar-refractivity contribution is 9.11. The highest BCUT2D eigenvalue weighted by Crippen LogP contribution is 2.28. The van der Waals surface area contributed by atoms with E-state index in [0.717, 1.165) is 13.4 Å². The fourth-order valence-corrected chi connectivity index (χ4v) is 3.52. The topological polar surface area (TPSA) is 58.2 Å². The lowest BCUT2D eigenvalue weighted by atomic mass is 9.90. The molecule has 0 heterocycles. The van der Waals surface area contributed by atoms with Crippen molar-refractivity contribution >= 4 is 70.9 Å². The third-order valence-corrected chi connectivity index (χ3v) is 5.42. The first-order valence-electron chi connectivity index (χ1n) is 8.12. The van der Waals surface area contributed by atoms with Crippen molar-refractivity contribution < 1.29 is 9.59 Å². The number of nitrogens with one attached hydrogen (secondary N) is 2. The second-order valence-electron chi connectivity index (χ2n) is 6.86. The van der Waals surface area contributed by atoms with E-state index in [9.17, 15) is 9.59 Å². The normalized spacial score (nSPS) is 11.9. The van der Waals surface area contributed by atoms with Crippen molar-refractivity contribution in [1.82, 2.24) is 0 Å². The number of amides is 1. The van der Waals surface area contributed by atoms with Gasteiger partial charge < -0.3 is 10.6 Å². The zero-order chi connectivity index (χ0) is 20.2. The van der Waals surface area contributed by atoms with Crippen LogP contribution >= 0.6 is 47.8 Å². The van der Waals surface area contributed by atoms with E-state index < -0.39 is 11.3 Å². The Kier molecular flexibility index (Phi) is 7.42. The number of ketones is 1. The number of rotatable bonds is 5. The highest BCUT2D eigenvalue weighted by Gasteiger charge is 2.22. The zero-order valence-electron chi connectivity index (χ0n) is 15.1. The van der Waals surface area contributed by atoms with Crippen molar-refractivity contribution in [2.45, 2.75) is 20.8 Å². The minimum absolute atomic E-state index is 0.152. The van der Waals surface area contributed by atoms with Crippen LogP contribution in [0.2, 0.25) is 0 Å². The highest BCUT2D eigenvalue weighted by atomic mass is 79.9. The van der Waals surface area contributed by atoms with E-state index in [0.29, 0.717) is 11.4 Å². The molecule has 0 spiro atoms. The van der Waals surface area contributed by atoms with Crippen LogP contribution in [0.5, 0.6) is 0 Å². The van der Waals surface area contributed by atoms with Gasteiger partial charge in [0.05, 0.1) is 11.4 Å². The van der Waals surface area contributed by atoms with Crippen molar-refractivity contribution in [2.75, 3.05) is 10.6 Å².